The Morgan fingerprint density at radius 2 is 1.57 bits per heavy atom. The van der Waals surface area contributed by atoms with Gasteiger partial charge in [-0.1, -0.05) is 61.5 Å². The minimum atomic E-state index is -1.61. The number of hydrogen-bond acceptors (Lipinski definition) is 13. The van der Waals surface area contributed by atoms with Crippen LogP contribution in [0, 0.1) is 47.3 Å². The van der Waals surface area contributed by atoms with Gasteiger partial charge in [-0.2, -0.15) is 0 Å². The van der Waals surface area contributed by atoms with E-state index < -0.39 is 53.7 Å². The number of ether oxygens (including phenoxy) is 8. The second kappa shape index (κ2) is 20.1. The average Bonchev–Trinajstić information content (AvgIpc) is 3.72. The number of Topliss-reactive ketones (excluding diaryl/α,β-unsaturated/α-hetero) is 1. The van der Waals surface area contributed by atoms with E-state index in [1.165, 1.54) is 0 Å². The number of aliphatic hydroxyl groups is 2. The Bertz CT molecular complexity index is 1550. The summed E-state index contributed by atoms with van der Waals surface area (Å²) in [4.78, 5) is 24.9. The van der Waals surface area contributed by atoms with Gasteiger partial charge in [-0.3, -0.25) is 4.79 Å². The van der Waals surface area contributed by atoms with Crippen molar-refractivity contribution in [1.82, 2.24) is 0 Å². The molecule has 6 saturated heterocycles. The van der Waals surface area contributed by atoms with Gasteiger partial charge < -0.3 is 58.0 Å². The number of hydrogen-bond donors (Lipinski definition) is 2. The molecular formula is C47H77NaO13. The molecule has 0 saturated carbocycles. The summed E-state index contributed by atoms with van der Waals surface area (Å²) in [6.45, 7) is 21.4. The minimum Gasteiger partial charge on any atom is -0.550 e. The molecule has 6 aliphatic heterocycles. The fourth-order valence-electron chi connectivity index (χ4n) is 11.7. The van der Waals surface area contributed by atoms with E-state index >= 15 is 0 Å². The zero-order valence-corrected chi connectivity index (χ0v) is 41.5. The molecule has 61 heavy (non-hydrogen) atoms. The summed E-state index contributed by atoms with van der Waals surface area (Å²) in [7, 11) is 1.71. The smallest absolute Gasteiger partial charge is 0.550 e. The third-order valence-electron chi connectivity index (χ3n) is 15.8. The van der Waals surface area contributed by atoms with Crippen molar-refractivity contribution in [2.75, 3.05) is 13.7 Å². The first kappa shape index (κ1) is 51.5. The maximum atomic E-state index is 13.5. The molecule has 6 fully saturated rings. The largest absolute Gasteiger partial charge is 1.00 e. The standard InChI is InChI=1S/C47H78O13.Na/c1-25(19-26(2)41(49)27(3)20-29(5)43(50)51)36-23-37(55-40-16-14-35(53-12)34(10)54-40)33(9)46(56-36)18-17-44(11,60-46)39-15-13-30(6)47(58-39)32(8)22-38(57-47)42-28(4)21-31(7)45(52,24-48)59-42;/h19,25,27-40,42,48,52H,13-18,20-24H2,1-12H3,(H,50,51);/q;+1/p-1/b26-19+;/t25-,27+,28-,29-,30?,31+,32-,33+,34+,35-,36-,37+,38+,39+,40-,42-,44-,45-,46+,47?;/m0./s1. The SMILES string of the molecule is CO[C@H]1CC[C@H](O[C@@H]2C[C@@H]([C@@H](C)/C=C(\C)C(=O)[C@H](C)C[C@H](C)C(=O)[O-])O[C@@]3(CC[C@@](C)([C@H]4CCC(C)C5(O[C@@H]([C@H]6O[C@@](O)(CO)[C@H](C)C[C@@H]6C)C[C@@H]5C)O4)O3)[C@@H]2C)O[C@@H]1C.[Na+]. The molecule has 20 atom stereocenters. The second-order valence-electron chi connectivity index (χ2n) is 20.4. The maximum absolute atomic E-state index is 13.5. The monoisotopic (exact) mass is 873 g/mol. The van der Waals surface area contributed by atoms with Crippen molar-refractivity contribution in [3.05, 3.63) is 11.6 Å². The Morgan fingerprint density at radius 1 is 0.869 bits per heavy atom. The van der Waals surface area contributed by atoms with Crippen molar-refractivity contribution in [1.29, 1.82) is 0 Å². The first-order chi connectivity index (χ1) is 28.1. The summed E-state index contributed by atoms with van der Waals surface area (Å²) in [5.74, 6) is -6.20. The van der Waals surface area contributed by atoms with Gasteiger partial charge in [0.1, 0.15) is 0 Å². The topological polar surface area (TPSA) is 171 Å². The summed E-state index contributed by atoms with van der Waals surface area (Å²) in [6.07, 6.45) is 6.53. The Hall–Kier alpha value is -0.520. The van der Waals surface area contributed by atoms with Crippen molar-refractivity contribution in [2.45, 2.75) is 212 Å². The molecule has 6 aliphatic rings. The molecule has 2 spiro atoms. The Balaban J connectivity index is 0.00000704. The number of ketones is 1. The predicted molar refractivity (Wildman–Crippen MR) is 220 cm³/mol. The van der Waals surface area contributed by atoms with Crippen LogP contribution in [0.15, 0.2) is 11.6 Å². The number of rotatable bonds is 13. The van der Waals surface area contributed by atoms with E-state index in [0.717, 1.165) is 19.3 Å². The van der Waals surface area contributed by atoms with E-state index in [9.17, 15) is 24.9 Å². The molecular weight excluding hydrogens is 795 g/mol. The van der Waals surface area contributed by atoms with Gasteiger partial charge in [-0.15, -0.1) is 0 Å². The van der Waals surface area contributed by atoms with Crippen LogP contribution in [0.5, 0.6) is 0 Å². The van der Waals surface area contributed by atoms with Gasteiger partial charge in [-0.05, 0) is 83.1 Å². The molecule has 0 amide bonds. The van der Waals surface area contributed by atoms with Gasteiger partial charge in [-0.25, -0.2) is 0 Å². The molecule has 2 N–H and O–H groups in total. The zero-order chi connectivity index (χ0) is 44.1. The molecule has 0 aromatic heterocycles. The van der Waals surface area contributed by atoms with Crippen LogP contribution in [-0.2, 0) is 47.5 Å². The van der Waals surface area contributed by atoms with E-state index in [1.54, 1.807) is 27.9 Å². The molecule has 0 bridgehead atoms. The summed E-state index contributed by atoms with van der Waals surface area (Å²) in [5.41, 5.74) is -0.141. The number of methoxy groups -OCH3 is 1. The number of aliphatic carboxylic acids is 1. The minimum absolute atomic E-state index is 0. The summed E-state index contributed by atoms with van der Waals surface area (Å²) < 4.78 is 53.9. The van der Waals surface area contributed by atoms with Crippen LogP contribution in [-0.4, -0.2) is 108 Å². The predicted octanol–water partition coefficient (Wildman–Crippen LogP) is 2.85. The average molecular weight is 873 g/mol. The van der Waals surface area contributed by atoms with Crippen molar-refractivity contribution in [2.24, 2.45) is 47.3 Å². The molecule has 0 aromatic carbocycles. The molecule has 0 aromatic rings. The van der Waals surface area contributed by atoms with E-state index in [4.69, 9.17) is 37.9 Å². The van der Waals surface area contributed by atoms with Gasteiger partial charge in [0.2, 0.25) is 0 Å². The number of carboxylic acid groups (broad SMARTS) is 1. The molecule has 2 unspecified atom stereocenters. The van der Waals surface area contributed by atoms with E-state index in [-0.39, 0.29) is 120 Å². The van der Waals surface area contributed by atoms with E-state index in [2.05, 4.69) is 41.5 Å². The van der Waals surface area contributed by atoms with Crippen LogP contribution >= 0.6 is 0 Å². The number of carbonyl (C=O) groups is 2. The Kier molecular flexibility index (Phi) is 17.0. The maximum Gasteiger partial charge on any atom is 1.00 e. The Labute approximate surface area is 387 Å². The van der Waals surface area contributed by atoms with Crippen molar-refractivity contribution in [3.63, 3.8) is 0 Å². The molecule has 0 aliphatic carbocycles. The van der Waals surface area contributed by atoms with Gasteiger partial charge in [0.15, 0.2) is 29.4 Å². The number of allylic oxidation sites excluding steroid dienone is 1. The molecule has 0 radical (unpaired) electrons. The summed E-state index contributed by atoms with van der Waals surface area (Å²) >= 11 is 0. The Morgan fingerprint density at radius 3 is 2.21 bits per heavy atom. The second-order valence-corrected chi connectivity index (χ2v) is 20.4. The quantitative estimate of drug-likeness (QED) is 0.205. The van der Waals surface area contributed by atoms with Crippen molar-refractivity contribution < 1.29 is 92.4 Å². The normalized spacial score (nSPS) is 47.2. The third kappa shape index (κ3) is 10.4. The first-order valence-electron chi connectivity index (χ1n) is 23.1. The van der Waals surface area contributed by atoms with Crippen LogP contribution in [0.3, 0.4) is 0 Å². The fraction of sp³-hybridized carbons (Fsp3) is 0.915. The van der Waals surface area contributed by atoms with Crippen LogP contribution in [0.25, 0.3) is 0 Å². The number of aliphatic hydroxyl groups excluding tert-OH is 1. The van der Waals surface area contributed by atoms with Gasteiger partial charge in [0, 0.05) is 67.8 Å². The summed E-state index contributed by atoms with van der Waals surface area (Å²) in [6, 6.07) is 0. The van der Waals surface area contributed by atoms with Gasteiger partial charge in [0.05, 0.1) is 54.9 Å². The molecule has 6 heterocycles. The number of carbonyl (C=O) groups excluding carboxylic acids is 2. The van der Waals surface area contributed by atoms with E-state index in [0.29, 0.717) is 44.1 Å². The van der Waals surface area contributed by atoms with Crippen molar-refractivity contribution >= 4 is 11.8 Å². The van der Waals surface area contributed by atoms with Crippen LogP contribution in [0.2, 0.25) is 0 Å². The third-order valence-corrected chi connectivity index (χ3v) is 15.8. The number of carboxylic acids is 1. The summed E-state index contributed by atoms with van der Waals surface area (Å²) in [5, 5.41) is 32.7. The zero-order valence-electron chi connectivity index (χ0n) is 39.5. The van der Waals surface area contributed by atoms with Crippen molar-refractivity contribution in [3.8, 4) is 0 Å². The van der Waals surface area contributed by atoms with Crippen LogP contribution in [0.4, 0.5) is 0 Å². The van der Waals surface area contributed by atoms with E-state index in [1.807, 2.05) is 19.9 Å². The van der Waals surface area contributed by atoms with Crippen LogP contribution in [0.1, 0.15) is 140 Å². The van der Waals surface area contributed by atoms with Crippen LogP contribution < -0.4 is 34.7 Å². The molecule has 344 valence electrons. The molecule has 14 heteroatoms. The molecule has 6 rings (SSSR count). The first-order valence-corrected chi connectivity index (χ1v) is 23.1. The van der Waals surface area contributed by atoms with Gasteiger partial charge in [0.25, 0.3) is 0 Å². The van der Waals surface area contributed by atoms with Gasteiger partial charge >= 0.3 is 29.6 Å². The fourth-order valence-corrected chi connectivity index (χ4v) is 11.7. The molecule has 13 nitrogen and oxygen atoms in total.